The molecule has 1 N–H and O–H groups in total. The average molecular weight is 490 g/mol. The Balaban J connectivity index is 1.97. The Morgan fingerprint density at radius 2 is 1.97 bits per heavy atom. The Labute approximate surface area is 205 Å². The molecule has 0 radical (unpaired) electrons. The van der Waals surface area contributed by atoms with Crippen molar-refractivity contribution >= 4 is 11.6 Å². The highest BCUT2D eigenvalue weighted by Crippen LogP contribution is 2.32. The first kappa shape index (κ1) is 26.2. The second-order valence-electron chi connectivity index (χ2n) is 8.34. The fraction of sp³-hybridized carbons (Fsp3) is 0.423. The fourth-order valence-electron chi connectivity index (χ4n) is 3.73. The standard InChI is InChI=1S/C26H33ClFN3O3/c1-4-5-8-23(32)17-30(14-15-33-3)18-25-19(2)29-31(22-12-10-20(27)11-13-22)26(25)34-24-9-6-7-21(28)16-24/h6-7,9-13,16,23,32H,4-5,8,14-15,17-18H2,1-3H3/t23-/m1/s1. The Bertz CT molecular complexity index is 1040. The molecule has 1 heterocycles. The van der Waals surface area contributed by atoms with Gasteiger partial charge in [0.1, 0.15) is 11.6 Å². The number of benzene rings is 2. The summed E-state index contributed by atoms with van der Waals surface area (Å²) in [6.45, 7) is 6.21. The summed E-state index contributed by atoms with van der Waals surface area (Å²) in [5.74, 6) is 0.493. The van der Waals surface area contributed by atoms with Gasteiger partial charge in [-0.25, -0.2) is 9.07 Å². The third-order valence-electron chi connectivity index (χ3n) is 5.57. The zero-order valence-electron chi connectivity index (χ0n) is 20.0. The number of rotatable bonds is 13. The van der Waals surface area contributed by atoms with Gasteiger partial charge < -0.3 is 14.6 Å². The van der Waals surface area contributed by atoms with Gasteiger partial charge in [-0.2, -0.15) is 5.10 Å². The lowest BCUT2D eigenvalue weighted by molar-refractivity contribution is 0.0786. The Hall–Kier alpha value is -2.45. The van der Waals surface area contributed by atoms with Crippen LogP contribution in [0.15, 0.2) is 48.5 Å². The van der Waals surface area contributed by atoms with Crippen LogP contribution in [0.3, 0.4) is 0 Å². The third-order valence-corrected chi connectivity index (χ3v) is 5.82. The fourth-order valence-corrected chi connectivity index (χ4v) is 3.86. The lowest BCUT2D eigenvalue weighted by atomic mass is 10.1. The minimum absolute atomic E-state index is 0.378. The van der Waals surface area contributed by atoms with E-state index in [4.69, 9.17) is 26.2 Å². The van der Waals surface area contributed by atoms with Gasteiger partial charge in [-0.05, 0) is 49.7 Å². The second kappa shape index (κ2) is 12.9. The smallest absolute Gasteiger partial charge is 0.227 e. The SMILES string of the molecule is CCCC[C@@H](O)CN(CCOC)Cc1c(C)nn(-c2ccc(Cl)cc2)c1Oc1cccc(F)c1. The number of unbranched alkanes of at least 4 members (excludes halogenated alkanes) is 1. The average Bonchev–Trinajstić information content (AvgIpc) is 3.11. The first-order valence-corrected chi connectivity index (χ1v) is 12.0. The minimum Gasteiger partial charge on any atom is -0.438 e. The predicted octanol–water partition coefficient (Wildman–Crippen LogP) is 5.77. The van der Waals surface area contributed by atoms with E-state index in [1.54, 1.807) is 36.1 Å². The summed E-state index contributed by atoms with van der Waals surface area (Å²) in [5.41, 5.74) is 2.42. The van der Waals surface area contributed by atoms with Crippen LogP contribution in [-0.2, 0) is 11.3 Å². The van der Waals surface area contributed by atoms with E-state index in [0.717, 1.165) is 36.2 Å². The van der Waals surface area contributed by atoms with Gasteiger partial charge in [0.05, 0.1) is 29.7 Å². The molecule has 0 amide bonds. The highest BCUT2D eigenvalue weighted by Gasteiger charge is 2.22. The highest BCUT2D eigenvalue weighted by atomic mass is 35.5. The van der Waals surface area contributed by atoms with Crippen molar-refractivity contribution in [2.75, 3.05) is 26.8 Å². The van der Waals surface area contributed by atoms with E-state index in [-0.39, 0.29) is 5.82 Å². The second-order valence-corrected chi connectivity index (χ2v) is 8.78. The van der Waals surface area contributed by atoms with E-state index in [1.165, 1.54) is 12.1 Å². The van der Waals surface area contributed by atoms with E-state index in [9.17, 15) is 9.50 Å². The van der Waals surface area contributed by atoms with Gasteiger partial charge in [0, 0.05) is 37.8 Å². The topological polar surface area (TPSA) is 59.8 Å². The number of ether oxygens (including phenoxy) is 2. The van der Waals surface area contributed by atoms with Crippen LogP contribution in [0.1, 0.15) is 37.4 Å². The number of halogens is 2. The quantitative estimate of drug-likeness (QED) is 0.330. The molecular weight excluding hydrogens is 457 g/mol. The zero-order valence-corrected chi connectivity index (χ0v) is 20.8. The number of aliphatic hydroxyl groups excluding tert-OH is 1. The molecule has 0 saturated carbocycles. The maximum absolute atomic E-state index is 13.9. The predicted molar refractivity (Wildman–Crippen MR) is 132 cm³/mol. The Morgan fingerprint density at radius 1 is 1.21 bits per heavy atom. The zero-order chi connectivity index (χ0) is 24.5. The van der Waals surface area contributed by atoms with Crippen LogP contribution in [0.4, 0.5) is 4.39 Å². The molecule has 0 aliphatic carbocycles. The molecule has 0 aliphatic heterocycles. The normalized spacial score (nSPS) is 12.3. The molecule has 0 aliphatic rings. The van der Waals surface area contributed by atoms with Gasteiger partial charge in [-0.15, -0.1) is 0 Å². The monoisotopic (exact) mass is 489 g/mol. The lowest BCUT2D eigenvalue weighted by Gasteiger charge is -2.25. The van der Waals surface area contributed by atoms with Crippen LogP contribution in [-0.4, -0.2) is 52.7 Å². The minimum atomic E-state index is -0.434. The van der Waals surface area contributed by atoms with Crippen molar-refractivity contribution in [2.24, 2.45) is 0 Å². The molecule has 2 aromatic carbocycles. The third kappa shape index (κ3) is 7.27. The number of aryl methyl sites for hydroxylation is 1. The number of nitrogens with zero attached hydrogens (tertiary/aromatic N) is 3. The first-order valence-electron chi connectivity index (χ1n) is 11.6. The molecule has 0 fully saturated rings. The van der Waals surface area contributed by atoms with Crippen molar-refractivity contribution in [1.82, 2.24) is 14.7 Å². The van der Waals surface area contributed by atoms with Gasteiger partial charge in [0.2, 0.25) is 5.88 Å². The molecule has 0 unspecified atom stereocenters. The summed E-state index contributed by atoms with van der Waals surface area (Å²) < 4.78 is 27.1. The van der Waals surface area contributed by atoms with Crippen molar-refractivity contribution in [3.63, 3.8) is 0 Å². The largest absolute Gasteiger partial charge is 0.438 e. The molecule has 34 heavy (non-hydrogen) atoms. The highest BCUT2D eigenvalue weighted by molar-refractivity contribution is 6.30. The lowest BCUT2D eigenvalue weighted by Crippen LogP contribution is -2.34. The van der Waals surface area contributed by atoms with Gasteiger partial charge >= 0.3 is 0 Å². The van der Waals surface area contributed by atoms with E-state index < -0.39 is 6.10 Å². The summed E-state index contributed by atoms with van der Waals surface area (Å²) in [4.78, 5) is 2.14. The van der Waals surface area contributed by atoms with Gasteiger partial charge in [-0.3, -0.25) is 4.90 Å². The summed E-state index contributed by atoms with van der Waals surface area (Å²) in [5, 5.41) is 15.9. The van der Waals surface area contributed by atoms with Gasteiger partial charge in [-0.1, -0.05) is 37.4 Å². The van der Waals surface area contributed by atoms with Crippen LogP contribution < -0.4 is 4.74 Å². The van der Waals surface area contributed by atoms with Crippen molar-refractivity contribution in [1.29, 1.82) is 0 Å². The molecule has 1 aromatic heterocycles. The molecule has 6 nitrogen and oxygen atoms in total. The number of aromatic nitrogens is 2. The number of methoxy groups -OCH3 is 1. The van der Waals surface area contributed by atoms with E-state index in [2.05, 4.69) is 11.8 Å². The molecule has 8 heteroatoms. The number of hydrogen-bond acceptors (Lipinski definition) is 5. The maximum Gasteiger partial charge on any atom is 0.227 e. The summed E-state index contributed by atoms with van der Waals surface area (Å²) >= 11 is 6.08. The summed E-state index contributed by atoms with van der Waals surface area (Å²) in [6, 6.07) is 13.3. The maximum atomic E-state index is 13.9. The Kier molecular flexibility index (Phi) is 9.89. The molecular formula is C26H33ClFN3O3. The van der Waals surface area contributed by atoms with Crippen LogP contribution in [0.2, 0.25) is 5.02 Å². The van der Waals surface area contributed by atoms with Crippen LogP contribution in [0, 0.1) is 12.7 Å². The molecule has 1 atom stereocenters. The van der Waals surface area contributed by atoms with Crippen molar-refractivity contribution in [2.45, 2.75) is 45.8 Å². The van der Waals surface area contributed by atoms with E-state index in [1.807, 2.05) is 19.1 Å². The molecule has 3 aromatic rings. The van der Waals surface area contributed by atoms with Crippen molar-refractivity contribution < 1.29 is 19.0 Å². The van der Waals surface area contributed by atoms with Crippen molar-refractivity contribution in [3.05, 3.63) is 70.6 Å². The van der Waals surface area contributed by atoms with E-state index >= 15 is 0 Å². The summed E-state index contributed by atoms with van der Waals surface area (Å²) in [7, 11) is 1.66. The Morgan fingerprint density at radius 3 is 2.65 bits per heavy atom. The first-order chi connectivity index (χ1) is 16.4. The van der Waals surface area contributed by atoms with Crippen LogP contribution in [0.25, 0.3) is 5.69 Å². The molecule has 0 saturated heterocycles. The van der Waals surface area contributed by atoms with Gasteiger partial charge in [0.25, 0.3) is 0 Å². The molecule has 184 valence electrons. The number of hydrogen-bond donors (Lipinski definition) is 1. The number of aliphatic hydroxyl groups is 1. The van der Waals surface area contributed by atoms with E-state index in [0.29, 0.717) is 42.9 Å². The summed E-state index contributed by atoms with van der Waals surface area (Å²) in [6.07, 6.45) is 2.32. The molecule has 0 spiro atoms. The molecule has 0 bridgehead atoms. The van der Waals surface area contributed by atoms with Gasteiger partial charge in [0.15, 0.2) is 0 Å². The van der Waals surface area contributed by atoms with Crippen LogP contribution >= 0.6 is 11.6 Å². The van der Waals surface area contributed by atoms with Crippen molar-refractivity contribution in [3.8, 4) is 17.3 Å². The molecule has 3 rings (SSSR count). The van der Waals surface area contributed by atoms with Crippen LogP contribution in [0.5, 0.6) is 11.6 Å².